The number of carbonyl (C=O) groups is 1. The lowest BCUT2D eigenvalue weighted by Crippen LogP contribution is -2.33. The van der Waals surface area contributed by atoms with Gasteiger partial charge in [-0.05, 0) is 37.3 Å². The number of benzene rings is 2. The number of nitrogens with zero attached hydrogens (tertiary/aromatic N) is 1. The van der Waals surface area contributed by atoms with Crippen LogP contribution in [-0.2, 0) is 4.79 Å². The van der Waals surface area contributed by atoms with Crippen LogP contribution in [0.2, 0.25) is 10.0 Å². The van der Waals surface area contributed by atoms with Crippen LogP contribution < -0.4 is 14.9 Å². The van der Waals surface area contributed by atoms with Crippen molar-refractivity contribution in [2.45, 2.75) is 13.0 Å². The van der Waals surface area contributed by atoms with Gasteiger partial charge in [0, 0.05) is 10.6 Å². The SMILES string of the molecule is COc1ccccc1/C=N/NC(=O)C(C)Oc1ccc(Cl)cc1Cl. The van der Waals surface area contributed by atoms with E-state index in [1.165, 1.54) is 6.21 Å². The predicted octanol–water partition coefficient (Wildman–Crippen LogP) is 3.92. The van der Waals surface area contributed by atoms with Crippen molar-refractivity contribution >= 4 is 35.3 Å². The van der Waals surface area contributed by atoms with Crippen LogP contribution in [0, 0.1) is 0 Å². The minimum absolute atomic E-state index is 0.333. The standard InChI is InChI=1S/C17H16Cl2N2O3/c1-11(24-16-8-7-13(18)9-14(16)19)17(22)21-20-10-12-5-3-4-6-15(12)23-2/h3-11H,1-2H3,(H,21,22)/b20-10+. The first-order chi connectivity index (χ1) is 11.5. The highest BCUT2D eigenvalue weighted by atomic mass is 35.5. The van der Waals surface area contributed by atoms with Gasteiger partial charge in [0.2, 0.25) is 0 Å². The van der Waals surface area contributed by atoms with Gasteiger partial charge in [-0.3, -0.25) is 4.79 Å². The van der Waals surface area contributed by atoms with Gasteiger partial charge in [-0.1, -0.05) is 35.3 Å². The van der Waals surface area contributed by atoms with Crippen molar-refractivity contribution in [1.29, 1.82) is 0 Å². The van der Waals surface area contributed by atoms with E-state index < -0.39 is 12.0 Å². The van der Waals surface area contributed by atoms with Gasteiger partial charge >= 0.3 is 0 Å². The van der Waals surface area contributed by atoms with Crippen LogP contribution in [-0.4, -0.2) is 25.3 Å². The smallest absolute Gasteiger partial charge is 0.280 e. The van der Waals surface area contributed by atoms with Crippen molar-refractivity contribution in [2.75, 3.05) is 7.11 Å². The molecule has 0 saturated carbocycles. The zero-order chi connectivity index (χ0) is 17.5. The van der Waals surface area contributed by atoms with Crippen molar-refractivity contribution in [3.05, 3.63) is 58.1 Å². The molecule has 1 unspecified atom stereocenters. The number of carbonyl (C=O) groups excluding carboxylic acids is 1. The van der Waals surface area contributed by atoms with Crippen LogP contribution in [0.3, 0.4) is 0 Å². The summed E-state index contributed by atoms with van der Waals surface area (Å²) in [4.78, 5) is 12.0. The fourth-order valence-corrected chi connectivity index (χ4v) is 2.30. The molecule has 0 heterocycles. The molecule has 0 aromatic heterocycles. The highest BCUT2D eigenvalue weighted by molar-refractivity contribution is 6.35. The number of methoxy groups -OCH3 is 1. The molecule has 126 valence electrons. The molecule has 0 saturated heterocycles. The van der Waals surface area contributed by atoms with Gasteiger partial charge in [-0.15, -0.1) is 0 Å². The number of hydrogen-bond donors (Lipinski definition) is 1. The number of rotatable bonds is 6. The third-order valence-corrected chi connectivity index (χ3v) is 3.61. The fourth-order valence-electron chi connectivity index (χ4n) is 1.84. The lowest BCUT2D eigenvalue weighted by atomic mass is 10.2. The largest absolute Gasteiger partial charge is 0.496 e. The first-order valence-corrected chi connectivity index (χ1v) is 7.84. The zero-order valence-corrected chi connectivity index (χ0v) is 14.6. The Bertz CT molecular complexity index is 750. The molecule has 0 radical (unpaired) electrons. The number of ether oxygens (including phenoxy) is 2. The second-order valence-electron chi connectivity index (χ2n) is 4.81. The van der Waals surface area contributed by atoms with Crippen molar-refractivity contribution in [1.82, 2.24) is 5.43 Å². The second kappa shape index (κ2) is 8.57. The van der Waals surface area contributed by atoms with Crippen molar-refractivity contribution < 1.29 is 14.3 Å². The number of halogens is 2. The van der Waals surface area contributed by atoms with Gasteiger partial charge in [0.1, 0.15) is 11.5 Å². The topological polar surface area (TPSA) is 59.9 Å². The van der Waals surface area contributed by atoms with Crippen LogP contribution in [0.4, 0.5) is 0 Å². The number of hydrogen-bond acceptors (Lipinski definition) is 4. The molecular formula is C17H16Cl2N2O3. The first-order valence-electron chi connectivity index (χ1n) is 7.09. The summed E-state index contributed by atoms with van der Waals surface area (Å²) in [6, 6.07) is 12.1. The molecule has 0 aliphatic rings. The molecule has 2 aromatic carbocycles. The van der Waals surface area contributed by atoms with Crippen LogP contribution in [0.15, 0.2) is 47.6 Å². The molecule has 0 aliphatic carbocycles. The highest BCUT2D eigenvalue weighted by Crippen LogP contribution is 2.28. The van der Waals surface area contributed by atoms with E-state index in [1.807, 2.05) is 18.2 Å². The molecule has 7 heteroatoms. The summed E-state index contributed by atoms with van der Waals surface area (Å²) < 4.78 is 10.7. The summed E-state index contributed by atoms with van der Waals surface area (Å²) in [5, 5.41) is 4.74. The monoisotopic (exact) mass is 366 g/mol. The second-order valence-corrected chi connectivity index (χ2v) is 5.65. The molecule has 1 N–H and O–H groups in total. The van der Waals surface area contributed by atoms with Gasteiger partial charge in [-0.2, -0.15) is 5.10 Å². The molecule has 0 spiro atoms. The molecule has 0 fully saturated rings. The molecule has 5 nitrogen and oxygen atoms in total. The Morgan fingerprint density at radius 2 is 1.96 bits per heavy atom. The summed E-state index contributed by atoms with van der Waals surface area (Å²) in [6.07, 6.45) is 0.720. The molecule has 2 rings (SSSR count). The number of hydrazone groups is 1. The van der Waals surface area contributed by atoms with E-state index in [0.29, 0.717) is 21.5 Å². The Hall–Kier alpha value is -2.24. The van der Waals surface area contributed by atoms with Crippen LogP contribution in [0.1, 0.15) is 12.5 Å². The minimum Gasteiger partial charge on any atom is -0.496 e. The Kier molecular flexibility index (Phi) is 6.46. The number of amides is 1. The summed E-state index contributed by atoms with van der Waals surface area (Å²) in [5.74, 6) is 0.623. The van der Waals surface area contributed by atoms with E-state index in [4.69, 9.17) is 32.7 Å². The summed E-state index contributed by atoms with van der Waals surface area (Å²) >= 11 is 11.8. The quantitative estimate of drug-likeness (QED) is 0.622. The lowest BCUT2D eigenvalue weighted by Gasteiger charge is -2.14. The highest BCUT2D eigenvalue weighted by Gasteiger charge is 2.15. The molecule has 24 heavy (non-hydrogen) atoms. The Balaban J connectivity index is 1.95. The van der Waals surface area contributed by atoms with Gasteiger partial charge in [-0.25, -0.2) is 5.43 Å². The first kappa shape index (κ1) is 18.1. The van der Waals surface area contributed by atoms with E-state index in [1.54, 1.807) is 38.3 Å². The molecule has 0 bridgehead atoms. The molecule has 0 aliphatic heterocycles. The number of para-hydroxylation sites is 1. The fraction of sp³-hybridized carbons (Fsp3) is 0.176. The summed E-state index contributed by atoms with van der Waals surface area (Å²) in [6.45, 7) is 1.60. The molecular weight excluding hydrogens is 351 g/mol. The minimum atomic E-state index is -0.779. The summed E-state index contributed by atoms with van der Waals surface area (Å²) in [7, 11) is 1.57. The van der Waals surface area contributed by atoms with E-state index in [-0.39, 0.29) is 0 Å². The Labute approximate surface area is 150 Å². The van der Waals surface area contributed by atoms with Crippen molar-refractivity contribution in [2.24, 2.45) is 5.10 Å². The third-order valence-electron chi connectivity index (χ3n) is 3.08. The Morgan fingerprint density at radius 3 is 2.67 bits per heavy atom. The average molecular weight is 367 g/mol. The van der Waals surface area contributed by atoms with E-state index in [0.717, 1.165) is 5.56 Å². The average Bonchev–Trinajstić information content (AvgIpc) is 2.57. The maximum atomic E-state index is 12.0. The maximum Gasteiger partial charge on any atom is 0.280 e. The third kappa shape index (κ3) is 4.88. The maximum absolute atomic E-state index is 12.0. The summed E-state index contributed by atoms with van der Waals surface area (Å²) in [5.41, 5.74) is 3.16. The van der Waals surface area contributed by atoms with Gasteiger partial charge in [0.15, 0.2) is 6.10 Å². The van der Waals surface area contributed by atoms with Gasteiger partial charge in [0.25, 0.3) is 5.91 Å². The lowest BCUT2D eigenvalue weighted by molar-refractivity contribution is -0.127. The molecule has 1 amide bonds. The van der Waals surface area contributed by atoms with Crippen molar-refractivity contribution in [3.63, 3.8) is 0 Å². The molecule has 2 aromatic rings. The van der Waals surface area contributed by atoms with Gasteiger partial charge in [0.05, 0.1) is 18.3 Å². The molecule has 1 atom stereocenters. The van der Waals surface area contributed by atoms with Crippen LogP contribution in [0.5, 0.6) is 11.5 Å². The van der Waals surface area contributed by atoms with E-state index in [2.05, 4.69) is 10.5 Å². The van der Waals surface area contributed by atoms with E-state index in [9.17, 15) is 4.79 Å². The predicted molar refractivity (Wildman–Crippen MR) is 95.3 cm³/mol. The van der Waals surface area contributed by atoms with E-state index >= 15 is 0 Å². The number of nitrogens with one attached hydrogen (secondary N) is 1. The normalized spacial score (nSPS) is 12.0. The Morgan fingerprint density at radius 1 is 1.21 bits per heavy atom. The zero-order valence-electron chi connectivity index (χ0n) is 13.1. The van der Waals surface area contributed by atoms with Crippen LogP contribution in [0.25, 0.3) is 0 Å². The van der Waals surface area contributed by atoms with Gasteiger partial charge < -0.3 is 9.47 Å². The van der Waals surface area contributed by atoms with Crippen LogP contribution >= 0.6 is 23.2 Å². The van der Waals surface area contributed by atoms with Crippen molar-refractivity contribution in [3.8, 4) is 11.5 Å².